The van der Waals surface area contributed by atoms with Gasteiger partial charge in [0.1, 0.15) is 9.84 Å². The Morgan fingerprint density at radius 1 is 1.14 bits per heavy atom. The second-order valence-corrected chi connectivity index (χ2v) is 7.90. The van der Waals surface area contributed by atoms with Gasteiger partial charge in [-0.1, -0.05) is 32.6 Å². The van der Waals surface area contributed by atoms with E-state index in [2.05, 4.69) is 29.5 Å². The van der Waals surface area contributed by atoms with Crippen molar-refractivity contribution in [2.75, 3.05) is 25.1 Å². The molecule has 0 aromatic rings. The Labute approximate surface area is 130 Å². The number of aliphatic imine (C=N–C) groups is 1. The molecule has 0 aliphatic rings. The van der Waals surface area contributed by atoms with E-state index in [4.69, 9.17) is 0 Å². The van der Waals surface area contributed by atoms with Crippen molar-refractivity contribution in [3.05, 3.63) is 0 Å². The van der Waals surface area contributed by atoms with Crippen molar-refractivity contribution in [1.82, 2.24) is 10.6 Å². The Kier molecular flexibility index (Phi) is 11.4. The van der Waals surface area contributed by atoms with Crippen LogP contribution in [0.5, 0.6) is 0 Å². The molecule has 0 bridgehead atoms. The van der Waals surface area contributed by atoms with Crippen molar-refractivity contribution in [1.29, 1.82) is 0 Å². The lowest BCUT2D eigenvalue weighted by atomic mass is 10.1. The van der Waals surface area contributed by atoms with E-state index in [0.717, 1.165) is 18.9 Å². The Bertz CT molecular complexity index is 380. The fourth-order valence-electron chi connectivity index (χ4n) is 2.02. The van der Waals surface area contributed by atoms with E-state index in [9.17, 15) is 8.42 Å². The van der Waals surface area contributed by atoms with Gasteiger partial charge in [0.25, 0.3) is 0 Å². The predicted molar refractivity (Wildman–Crippen MR) is 91.7 cm³/mol. The number of hydrogen-bond donors (Lipinski definition) is 2. The second kappa shape index (κ2) is 11.8. The molecule has 1 unspecified atom stereocenters. The number of rotatable bonds is 11. The van der Waals surface area contributed by atoms with Crippen LogP contribution < -0.4 is 10.6 Å². The summed E-state index contributed by atoms with van der Waals surface area (Å²) in [4.78, 5) is 4.43. The number of nitrogens with one attached hydrogen (secondary N) is 2. The van der Waals surface area contributed by atoms with Crippen LogP contribution in [0.1, 0.15) is 59.3 Å². The molecule has 0 aromatic carbocycles. The van der Waals surface area contributed by atoms with Crippen LogP contribution in [-0.4, -0.2) is 45.5 Å². The van der Waals surface area contributed by atoms with Gasteiger partial charge < -0.3 is 10.6 Å². The van der Waals surface area contributed by atoms with E-state index in [1.165, 1.54) is 31.9 Å². The topological polar surface area (TPSA) is 70.6 Å². The smallest absolute Gasteiger partial charge is 0.191 e. The van der Waals surface area contributed by atoms with E-state index in [-0.39, 0.29) is 5.75 Å². The lowest BCUT2D eigenvalue weighted by Gasteiger charge is -2.17. The Morgan fingerprint density at radius 3 is 2.43 bits per heavy atom. The third-order valence-corrected chi connectivity index (χ3v) is 4.19. The summed E-state index contributed by atoms with van der Waals surface area (Å²) in [6.45, 7) is 7.74. The molecule has 0 amide bonds. The van der Waals surface area contributed by atoms with Crippen molar-refractivity contribution < 1.29 is 8.42 Å². The van der Waals surface area contributed by atoms with Crippen LogP contribution in [-0.2, 0) is 9.84 Å². The highest BCUT2D eigenvalue weighted by Gasteiger charge is 2.05. The van der Waals surface area contributed by atoms with Crippen molar-refractivity contribution in [3.8, 4) is 0 Å². The Morgan fingerprint density at radius 2 is 1.86 bits per heavy atom. The Hall–Kier alpha value is -0.780. The molecular weight excluding hydrogens is 286 g/mol. The molecule has 0 heterocycles. The zero-order valence-corrected chi connectivity index (χ0v) is 14.9. The van der Waals surface area contributed by atoms with Gasteiger partial charge in [0.15, 0.2) is 5.96 Å². The molecule has 0 fully saturated rings. The third kappa shape index (κ3) is 13.9. The van der Waals surface area contributed by atoms with E-state index in [1.54, 1.807) is 0 Å². The maximum Gasteiger partial charge on any atom is 0.191 e. The van der Waals surface area contributed by atoms with E-state index in [0.29, 0.717) is 19.0 Å². The summed E-state index contributed by atoms with van der Waals surface area (Å²) in [7, 11) is -2.88. The molecule has 0 saturated heterocycles. The standard InChI is InChI=1S/C15H33N3O2S/c1-5-7-8-9-11-14(3)18-15(16-6-2)17-12-10-13-21(4,19)20/h14H,5-13H2,1-4H3,(H2,16,17,18). The van der Waals surface area contributed by atoms with E-state index < -0.39 is 9.84 Å². The third-order valence-electron chi connectivity index (χ3n) is 3.16. The molecule has 6 heteroatoms. The highest BCUT2D eigenvalue weighted by atomic mass is 32.2. The zero-order chi connectivity index (χ0) is 16.1. The molecule has 0 rings (SSSR count). The van der Waals surface area contributed by atoms with Crippen molar-refractivity contribution in [2.45, 2.75) is 65.3 Å². The van der Waals surface area contributed by atoms with E-state index >= 15 is 0 Å². The quantitative estimate of drug-likeness (QED) is 0.348. The molecule has 0 aliphatic carbocycles. The summed E-state index contributed by atoms with van der Waals surface area (Å²) in [6, 6.07) is 0.384. The number of guanidine groups is 1. The van der Waals surface area contributed by atoms with Gasteiger partial charge in [-0.25, -0.2) is 8.42 Å². The van der Waals surface area contributed by atoms with Gasteiger partial charge in [0, 0.05) is 25.4 Å². The maximum atomic E-state index is 11.1. The first kappa shape index (κ1) is 20.2. The summed E-state index contributed by atoms with van der Waals surface area (Å²) in [5.41, 5.74) is 0. The summed E-state index contributed by atoms with van der Waals surface area (Å²) < 4.78 is 22.1. The average molecular weight is 320 g/mol. The fourth-order valence-corrected chi connectivity index (χ4v) is 2.67. The first-order chi connectivity index (χ1) is 9.89. The van der Waals surface area contributed by atoms with Gasteiger partial charge in [0.2, 0.25) is 0 Å². The fraction of sp³-hybridized carbons (Fsp3) is 0.933. The molecule has 1 atom stereocenters. The molecule has 0 aromatic heterocycles. The van der Waals surface area contributed by atoms with Crippen molar-refractivity contribution >= 4 is 15.8 Å². The first-order valence-electron chi connectivity index (χ1n) is 8.11. The summed E-state index contributed by atoms with van der Waals surface area (Å²) in [6.07, 6.45) is 8.03. The number of sulfone groups is 1. The Balaban J connectivity index is 4.09. The minimum Gasteiger partial charge on any atom is -0.357 e. The molecule has 21 heavy (non-hydrogen) atoms. The van der Waals surface area contributed by atoms with Gasteiger partial charge >= 0.3 is 0 Å². The highest BCUT2D eigenvalue weighted by molar-refractivity contribution is 7.90. The average Bonchev–Trinajstić information content (AvgIpc) is 2.39. The van der Waals surface area contributed by atoms with Crippen LogP contribution in [0, 0.1) is 0 Å². The SMILES string of the molecule is CCCCCCC(C)NC(=NCCCS(C)(=O)=O)NCC. The first-order valence-corrected chi connectivity index (χ1v) is 10.2. The normalized spacial score (nSPS) is 14.0. The van der Waals surface area contributed by atoms with Gasteiger partial charge in [-0.05, 0) is 26.7 Å². The van der Waals surface area contributed by atoms with Crippen LogP contribution in [0.4, 0.5) is 0 Å². The lowest BCUT2D eigenvalue weighted by molar-refractivity contribution is 0.537. The van der Waals surface area contributed by atoms with Crippen molar-refractivity contribution in [2.24, 2.45) is 4.99 Å². The summed E-state index contributed by atoms with van der Waals surface area (Å²) in [5.74, 6) is 0.983. The molecule has 0 radical (unpaired) electrons. The van der Waals surface area contributed by atoms with Gasteiger partial charge in [-0.2, -0.15) is 0 Å². The minimum atomic E-state index is -2.88. The van der Waals surface area contributed by atoms with E-state index in [1.807, 2.05) is 6.92 Å². The minimum absolute atomic E-state index is 0.197. The van der Waals surface area contributed by atoms with Gasteiger partial charge in [-0.3, -0.25) is 4.99 Å². The molecule has 5 nitrogen and oxygen atoms in total. The largest absolute Gasteiger partial charge is 0.357 e. The number of hydrogen-bond acceptors (Lipinski definition) is 3. The molecule has 126 valence electrons. The predicted octanol–water partition coefficient (Wildman–Crippen LogP) is 2.34. The van der Waals surface area contributed by atoms with Crippen LogP contribution >= 0.6 is 0 Å². The monoisotopic (exact) mass is 319 g/mol. The van der Waals surface area contributed by atoms with Gasteiger partial charge in [-0.15, -0.1) is 0 Å². The molecule has 0 spiro atoms. The highest BCUT2D eigenvalue weighted by Crippen LogP contribution is 2.05. The summed E-state index contributed by atoms with van der Waals surface area (Å²) >= 11 is 0. The van der Waals surface area contributed by atoms with Crippen LogP contribution in [0.25, 0.3) is 0 Å². The lowest BCUT2D eigenvalue weighted by Crippen LogP contribution is -2.42. The van der Waals surface area contributed by atoms with Gasteiger partial charge in [0.05, 0.1) is 5.75 Å². The number of nitrogens with zero attached hydrogens (tertiary/aromatic N) is 1. The zero-order valence-electron chi connectivity index (χ0n) is 14.1. The second-order valence-electron chi connectivity index (χ2n) is 5.64. The maximum absolute atomic E-state index is 11.1. The summed E-state index contributed by atoms with van der Waals surface area (Å²) in [5, 5.41) is 6.58. The van der Waals surface area contributed by atoms with Crippen molar-refractivity contribution in [3.63, 3.8) is 0 Å². The van der Waals surface area contributed by atoms with Crippen LogP contribution in [0.2, 0.25) is 0 Å². The molecule has 2 N–H and O–H groups in total. The van der Waals surface area contributed by atoms with Crippen LogP contribution in [0.15, 0.2) is 4.99 Å². The van der Waals surface area contributed by atoms with Crippen LogP contribution in [0.3, 0.4) is 0 Å². The molecule has 0 aliphatic heterocycles. The molecule has 0 saturated carbocycles. The number of unbranched alkanes of at least 4 members (excludes halogenated alkanes) is 3. The molecular formula is C15H33N3O2S.